The van der Waals surface area contributed by atoms with Gasteiger partial charge in [0.1, 0.15) is 0 Å². The molecule has 1 amide bonds. The van der Waals surface area contributed by atoms with Crippen LogP contribution in [0.5, 0.6) is 0 Å². The molecule has 1 aromatic rings. The van der Waals surface area contributed by atoms with E-state index in [0.717, 1.165) is 18.5 Å². The van der Waals surface area contributed by atoms with Gasteiger partial charge in [0.25, 0.3) is 0 Å². The lowest BCUT2D eigenvalue weighted by Crippen LogP contribution is -2.41. The molecular weight excluding hydrogens is 258 g/mol. The number of methoxy groups -OCH3 is 1. The van der Waals surface area contributed by atoms with E-state index < -0.39 is 5.97 Å². The number of hydrogen-bond acceptors (Lipinski definition) is 4. The van der Waals surface area contributed by atoms with Gasteiger partial charge in [0.15, 0.2) is 5.69 Å². The predicted molar refractivity (Wildman–Crippen MR) is 73.1 cm³/mol. The van der Waals surface area contributed by atoms with Crippen LogP contribution in [0.15, 0.2) is 6.07 Å². The molecule has 6 nitrogen and oxygen atoms in total. The number of esters is 1. The summed E-state index contributed by atoms with van der Waals surface area (Å²) in [4.78, 5) is 25.6. The first kappa shape index (κ1) is 14.6. The zero-order valence-electron chi connectivity index (χ0n) is 12.3. The number of fused-ring (bicyclic) bond motifs is 1. The summed E-state index contributed by atoms with van der Waals surface area (Å²) in [7, 11) is 1.34. The second-order valence-electron chi connectivity index (χ2n) is 5.19. The molecule has 0 aromatic carbocycles. The average molecular weight is 279 g/mol. The number of aromatic nitrogens is 2. The Kier molecular flexibility index (Phi) is 4.42. The molecule has 1 aliphatic rings. The van der Waals surface area contributed by atoms with E-state index in [1.165, 1.54) is 7.11 Å². The molecule has 0 saturated heterocycles. The van der Waals surface area contributed by atoms with Crippen LogP contribution in [0.4, 0.5) is 0 Å². The number of carbonyl (C=O) groups is 2. The number of ether oxygens (including phenoxy) is 1. The molecule has 20 heavy (non-hydrogen) atoms. The Morgan fingerprint density at radius 1 is 1.45 bits per heavy atom. The van der Waals surface area contributed by atoms with Crippen LogP contribution in [-0.4, -0.2) is 40.2 Å². The van der Waals surface area contributed by atoms with Crippen LogP contribution in [0.1, 0.15) is 42.9 Å². The highest BCUT2D eigenvalue weighted by Gasteiger charge is 2.26. The van der Waals surface area contributed by atoms with E-state index in [1.54, 1.807) is 10.7 Å². The number of carbonyl (C=O) groups excluding carboxylic acids is 2. The molecule has 0 saturated carbocycles. The van der Waals surface area contributed by atoms with Gasteiger partial charge in [0.2, 0.25) is 5.91 Å². The molecule has 0 spiro atoms. The van der Waals surface area contributed by atoms with Crippen LogP contribution in [0.2, 0.25) is 0 Å². The molecule has 0 N–H and O–H groups in total. The van der Waals surface area contributed by atoms with Crippen LogP contribution >= 0.6 is 0 Å². The maximum absolute atomic E-state index is 12.3. The third-order valence-corrected chi connectivity index (χ3v) is 3.65. The Balaban J connectivity index is 2.09. The molecule has 1 unspecified atom stereocenters. The highest BCUT2D eigenvalue weighted by molar-refractivity contribution is 5.87. The standard InChI is InChI=1S/C14H21N3O3/c1-4-5-10(2)13(18)16-6-7-17-11(9-16)8-12(15-17)14(19)20-3/h8,10H,4-7,9H2,1-3H3. The molecule has 0 fully saturated rings. The Bertz CT molecular complexity index is 510. The van der Waals surface area contributed by atoms with Crippen molar-refractivity contribution < 1.29 is 14.3 Å². The minimum atomic E-state index is -0.441. The van der Waals surface area contributed by atoms with Gasteiger partial charge in [-0.05, 0) is 12.5 Å². The lowest BCUT2D eigenvalue weighted by Gasteiger charge is -2.29. The summed E-state index contributed by atoms with van der Waals surface area (Å²) in [5.41, 5.74) is 1.19. The van der Waals surface area contributed by atoms with E-state index in [4.69, 9.17) is 0 Å². The van der Waals surface area contributed by atoms with E-state index in [-0.39, 0.29) is 11.8 Å². The van der Waals surface area contributed by atoms with Crippen LogP contribution in [0.25, 0.3) is 0 Å². The smallest absolute Gasteiger partial charge is 0.358 e. The van der Waals surface area contributed by atoms with Crippen molar-refractivity contribution in [2.45, 2.75) is 39.8 Å². The molecule has 0 bridgehead atoms. The van der Waals surface area contributed by atoms with Crippen LogP contribution in [0.3, 0.4) is 0 Å². The zero-order valence-corrected chi connectivity index (χ0v) is 12.3. The first-order chi connectivity index (χ1) is 9.56. The lowest BCUT2D eigenvalue weighted by molar-refractivity contribution is -0.136. The molecule has 2 rings (SSSR count). The molecule has 0 aliphatic carbocycles. The average Bonchev–Trinajstić information content (AvgIpc) is 2.88. The van der Waals surface area contributed by atoms with E-state index in [2.05, 4.69) is 16.8 Å². The van der Waals surface area contributed by atoms with Crippen LogP contribution in [-0.2, 0) is 22.6 Å². The zero-order chi connectivity index (χ0) is 14.7. The van der Waals surface area contributed by atoms with Gasteiger partial charge in [-0.25, -0.2) is 4.79 Å². The monoisotopic (exact) mass is 279 g/mol. The Labute approximate surface area is 118 Å². The molecule has 110 valence electrons. The first-order valence-electron chi connectivity index (χ1n) is 7.00. The van der Waals surface area contributed by atoms with Crippen molar-refractivity contribution >= 4 is 11.9 Å². The predicted octanol–water partition coefficient (Wildman–Crippen LogP) is 1.45. The van der Waals surface area contributed by atoms with Crippen molar-refractivity contribution in [3.63, 3.8) is 0 Å². The molecule has 0 radical (unpaired) electrons. The number of rotatable bonds is 4. The Hall–Kier alpha value is -1.85. The lowest BCUT2D eigenvalue weighted by atomic mass is 10.0. The third kappa shape index (κ3) is 2.84. The van der Waals surface area contributed by atoms with Gasteiger partial charge in [0, 0.05) is 12.5 Å². The van der Waals surface area contributed by atoms with Crippen molar-refractivity contribution in [2.75, 3.05) is 13.7 Å². The highest BCUT2D eigenvalue weighted by Crippen LogP contribution is 2.18. The molecule has 2 heterocycles. The van der Waals surface area contributed by atoms with Gasteiger partial charge < -0.3 is 9.64 Å². The van der Waals surface area contributed by atoms with Gasteiger partial charge in [-0.1, -0.05) is 20.3 Å². The minimum Gasteiger partial charge on any atom is -0.464 e. The maximum atomic E-state index is 12.3. The van der Waals surface area contributed by atoms with Gasteiger partial charge in [-0.3, -0.25) is 9.48 Å². The van der Waals surface area contributed by atoms with Crippen molar-refractivity contribution in [2.24, 2.45) is 5.92 Å². The van der Waals surface area contributed by atoms with Gasteiger partial charge >= 0.3 is 5.97 Å². The summed E-state index contributed by atoms with van der Waals surface area (Å²) < 4.78 is 6.44. The number of amides is 1. The fourth-order valence-corrected chi connectivity index (χ4v) is 2.53. The largest absolute Gasteiger partial charge is 0.464 e. The van der Waals surface area contributed by atoms with Crippen molar-refractivity contribution in [1.29, 1.82) is 0 Å². The summed E-state index contributed by atoms with van der Waals surface area (Å²) >= 11 is 0. The van der Waals surface area contributed by atoms with E-state index in [1.807, 2.05) is 11.8 Å². The van der Waals surface area contributed by atoms with E-state index in [0.29, 0.717) is 25.3 Å². The van der Waals surface area contributed by atoms with Crippen LogP contribution in [0, 0.1) is 5.92 Å². The van der Waals surface area contributed by atoms with Crippen molar-refractivity contribution in [3.05, 3.63) is 17.5 Å². The van der Waals surface area contributed by atoms with Gasteiger partial charge in [-0.2, -0.15) is 5.10 Å². The van der Waals surface area contributed by atoms with Gasteiger partial charge in [-0.15, -0.1) is 0 Å². The fourth-order valence-electron chi connectivity index (χ4n) is 2.53. The summed E-state index contributed by atoms with van der Waals surface area (Å²) in [6.45, 7) is 5.82. The maximum Gasteiger partial charge on any atom is 0.358 e. The van der Waals surface area contributed by atoms with Gasteiger partial charge in [0.05, 0.1) is 25.9 Å². The SMILES string of the molecule is CCCC(C)C(=O)N1CCn2nc(C(=O)OC)cc2C1. The van der Waals surface area contributed by atoms with Crippen molar-refractivity contribution in [1.82, 2.24) is 14.7 Å². The van der Waals surface area contributed by atoms with Crippen molar-refractivity contribution in [3.8, 4) is 0 Å². The summed E-state index contributed by atoms with van der Waals surface area (Å²) in [6, 6.07) is 1.70. The molecule has 1 aromatic heterocycles. The quantitative estimate of drug-likeness (QED) is 0.782. The topological polar surface area (TPSA) is 64.4 Å². The minimum absolute atomic E-state index is 0.0505. The normalized spacial score (nSPS) is 15.7. The third-order valence-electron chi connectivity index (χ3n) is 3.65. The highest BCUT2D eigenvalue weighted by atomic mass is 16.5. The summed E-state index contributed by atoms with van der Waals surface area (Å²) in [5.74, 6) is -0.211. The summed E-state index contributed by atoms with van der Waals surface area (Å²) in [5, 5.41) is 4.20. The Morgan fingerprint density at radius 3 is 2.85 bits per heavy atom. The molecule has 6 heteroatoms. The second-order valence-corrected chi connectivity index (χ2v) is 5.19. The Morgan fingerprint density at radius 2 is 2.20 bits per heavy atom. The second kappa shape index (κ2) is 6.07. The first-order valence-corrected chi connectivity index (χ1v) is 7.00. The van der Waals surface area contributed by atoms with E-state index >= 15 is 0 Å². The molecule has 1 atom stereocenters. The number of hydrogen-bond donors (Lipinski definition) is 0. The fraction of sp³-hybridized carbons (Fsp3) is 0.643. The van der Waals surface area contributed by atoms with E-state index in [9.17, 15) is 9.59 Å². The molecular formula is C14H21N3O3. The number of nitrogens with zero attached hydrogens (tertiary/aromatic N) is 3. The molecule has 1 aliphatic heterocycles. The summed E-state index contributed by atoms with van der Waals surface area (Å²) in [6.07, 6.45) is 1.91. The van der Waals surface area contributed by atoms with Crippen LogP contribution < -0.4 is 0 Å².